The minimum absolute atomic E-state index is 0.911. The standard InChI is InChI=1S/C8H7IN2/c9-7-3-6-1-2-10-5-8(6)11-4-7/h3-5H,1-2H2. The molecule has 1 aliphatic heterocycles. The first-order valence-electron chi connectivity index (χ1n) is 3.50. The zero-order valence-corrected chi connectivity index (χ0v) is 8.08. The fourth-order valence-corrected chi connectivity index (χ4v) is 1.66. The van der Waals surface area contributed by atoms with Crippen LogP contribution < -0.4 is 0 Å². The van der Waals surface area contributed by atoms with E-state index in [0.29, 0.717) is 0 Å². The van der Waals surface area contributed by atoms with Gasteiger partial charge >= 0.3 is 0 Å². The molecule has 0 N–H and O–H groups in total. The summed E-state index contributed by atoms with van der Waals surface area (Å²) in [7, 11) is 0. The second-order valence-electron chi connectivity index (χ2n) is 2.48. The lowest BCUT2D eigenvalue weighted by Gasteiger charge is -2.07. The van der Waals surface area contributed by atoms with Gasteiger partial charge in [0.15, 0.2) is 0 Å². The molecule has 3 heteroatoms. The highest BCUT2D eigenvalue weighted by Gasteiger charge is 2.05. The first-order valence-corrected chi connectivity index (χ1v) is 4.58. The number of aromatic nitrogens is 1. The Balaban J connectivity index is 2.53. The third kappa shape index (κ3) is 1.42. The van der Waals surface area contributed by atoms with E-state index in [4.69, 9.17) is 0 Å². The minimum Gasteiger partial charge on any atom is -0.291 e. The first kappa shape index (κ1) is 7.21. The molecule has 0 fully saturated rings. The van der Waals surface area contributed by atoms with E-state index < -0.39 is 0 Å². The van der Waals surface area contributed by atoms with Crippen LogP contribution in [0.2, 0.25) is 0 Å². The van der Waals surface area contributed by atoms with E-state index in [-0.39, 0.29) is 0 Å². The van der Waals surface area contributed by atoms with Gasteiger partial charge < -0.3 is 0 Å². The van der Waals surface area contributed by atoms with Crippen LogP contribution in [0.25, 0.3) is 0 Å². The Morgan fingerprint density at radius 2 is 2.36 bits per heavy atom. The maximum absolute atomic E-state index is 4.26. The van der Waals surface area contributed by atoms with Crippen molar-refractivity contribution in [2.24, 2.45) is 4.99 Å². The number of fused-ring (bicyclic) bond motifs is 1. The molecule has 0 spiro atoms. The van der Waals surface area contributed by atoms with Gasteiger partial charge in [0.1, 0.15) is 0 Å². The van der Waals surface area contributed by atoms with E-state index in [1.807, 2.05) is 12.4 Å². The van der Waals surface area contributed by atoms with Crippen molar-refractivity contribution in [1.82, 2.24) is 4.98 Å². The summed E-state index contributed by atoms with van der Waals surface area (Å²) in [5, 5.41) is 0. The molecule has 2 heterocycles. The predicted molar refractivity (Wildman–Crippen MR) is 53.1 cm³/mol. The van der Waals surface area contributed by atoms with Crippen LogP contribution in [0, 0.1) is 3.57 Å². The molecule has 11 heavy (non-hydrogen) atoms. The van der Waals surface area contributed by atoms with Crippen LogP contribution in [0.15, 0.2) is 17.3 Å². The molecule has 0 saturated carbocycles. The molecule has 56 valence electrons. The van der Waals surface area contributed by atoms with E-state index in [0.717, 1.165) is 18.7 Å². The van der Waals surface area contributed by atoms with Crippen LogP contribution >= 0.6 is 22.6 Å². The lowest BCUT2D eigenvalue weighted by Crippen LogP contribution is -2.05. The Morgan fingerprint density at radius 3 is 3.27 bits per heavy atom. The van der Waals surface area contributed by atoms with Gasteiger partial charge in [-0.05, 0) is 40.6 Å². The zero-order valence-electron chi connectivity index (χ0n) is 5.92. The predicted octanol–water partition coefficient (Wildman–Crippen LogP) is 1.66. The molecule has 0 aromatic carbocycles. The highest BCUT2D eigenvalue weighted by Crippen LogP contribution is 2.12. The average molecular weight is 258 g/mol. The van der Waals surface area contributed by atoms with Crippen LogP contribution in [0.3, 0.4) is 0 Å². The van der Waals surface area contributed by atoms with Gasteiger partial charge in [0, 0.05) is 22.5 Å². The van der Waals surface area contributed by atoms with Gasteiger partial charge in [-0.1, -0.05) is 0 Å². The molecule has 0 atom stereocenters. The molecule has 0 amide bonds. The molecule has 2 nitrogen and oxygen atoms in total. The van der Waals surface area contributed by atoms with E-state index in [1.54, 1.807) is 0 Å². The van der Waals surface area contributed by atoms with Crippen molar-refractivity contribution in [2.45, 2.75) is 6.42 Å². The zero-order chi connectivity index (χ0) is 7.68. The van der Waals surface area contributed by atoms with E-state index in [1.165, 1.54) is 9.13 Å². The number of hydrogen-bond donors (Lipinski definition) is 0. The van der Waals surface area contributed by atoms with Crippen molar-refractivity contribution in [1.29, 1.82) is 0 Å². The van der Waals surface area contributed by atoms with Gasteiger partial charge in [-0.2, -0.15) is 0 Å². The minimum atomic E-state index is 0.911. The van der Waals surface area contributed by atoms with Gasteiger partial charge in [-0.25, -0.2) is 0 Å². The summed E-state index contributed by atoms with van der Waals surface area (Å²) in [5.41, 5.74) is 2.36. The van der Waals surface area contributed by atoms with Gasteiger partial charge in [0.05, 0.1) is 5.69 Å². The second-order valence-corrected chi connectivity index (χ2v) is 3.73. The van der Waals surface area contributed by atoms with Crippen LogP contribution in [0.4, 0.5) is 0 Å². The Hall–Kier alpha value is -0.450. The Bertz CT molecular complexity index is 307. The lowest BCUT2D eigenvalue weighted by atomic mass is 10.1. The van der Waals surface area contributed by atoms with Crippen LogP contribution in [0.5, 0.6) is 0 Å². The van der Waals surface area contributed by atoms with E-state index in [9.17, 15) is 0 Å². The average Bonchev–Trinajstić information content (AvgIpc) is 2.04. The lowest BCUT2D eigenvalue weighted by molar-refractivity contribution is 0.933. The van der Waals surface area contributed by atoms with Crippen molar-refractivity contribution < 1.29 is 0 Å². The maximum Gasteiger partial charge on any atom is 0.0841 e. The third-order valence-corrected chi connectivity index (χ3v) is 2.28. The fraction of sp³-hybridized carbons (Fsp3) is 0.250. The molecule has 1 aliphatic rings. The van der Waals surface area contributed by atoms with Crippen molar-refractivity contribution in [3.8, 4) is 0 Å². The van der Waals surface area contributed by atoms with Gasteiger partial charge in [-0.3, -0.25) is 9.98 Å². The largest absolute Gasteiger partial charge is 0.291 e. The molecule has 0 unspecified atom stereocenters. The molecule has 0 radical (unpaired) electrons. The summed E-state index contributed by atoms with van der Waals surface area (Å²) in [5.74, 6) is 0. The summed E-state index contributed by atoms with van der Waals surface area (Å²) in [6, 6.07) is 2.17. The van der Waals surface area contributed by atoms with Crippen LogP contribution in [-0.4, -0.2) is 17.7 Å². The van der Waals surface area contributed by atoms with Crippen molar-refractivity contribution in [2.75, 3.05) is 6.54 Å². The quantitative estimate of drug-likeness (QED) is 0.650. The van der Waals surface area contributed by atoms with Crippen molar-refractivity contribution in [3.05, 3.63) is 27.1 Å². The number of pyridine rings is 1. The first-order chi connectivity index (χ1) is 5.36. The van der Waals surface area contributed by atoms with E-state index >= 15 is 0 Å². The Kier molecular flexibility index (Phi) is 1.89. The highest BCUT2D eigenvalue weighted by atomic mass is 127. The molecular weight excluding hydrogens is 251 g/mol. The maximum atomic E-state index is 4.26. The fourth-order valence-electron chi connectivity index (χ4n) is 1.14. The topological polar surface area (TPSA) is 25.2 Å². The monoisotopic (exact) mass is 258 g/mol. The van der Waals surface area contributed by atoms with Gasteiger partial charge in [-0.15, -0.1) is 0 Å². The molecule has 2 rings (SSSR count). The summed E-state index contributed by atoms with van der Waals surface area (Å²) in [6.07, 6.45) is 4.77. The highest BCUT2D eigenvalue weighted by molar-refractivity contribution is 14.1. The molecule has 0 saturated heterocycles. The summed E-state index contributed by atoms with van der Waals surface area (Å²) in [6.45, 7) is 0.911. The van der Waals surface area contributed by atoms with Crippen molar-refractivity contribution >= 4 is 28.8 Å². The SMILES string of the molecule is Ic1cnc2c(c1)CCN=C2. The number of rotatable bonds is 0. The van der Waals surface area contributed by atoms with Crippen molar-refractivity contribution in [3.63, 3.8) is 0 Å². The smallest absolute Gasteiger partial charge is 0.0841 e. The van der Waals surface area contributed by atoms with Gasteiger partial charge in [0.2, 0.25) is 0 Å². The summed E-state index contributed by atoms with van der Waals surface area (Å²) >= 11 is 2.28. The second kappa shape index (κ2) is 2.89. The molecule has 1 aromatic heterocycles. The Labute approximate surface area is 78.9 Å². The third-order valence-electron chi connectivity index (χ3n) is 1.69. The normalized spacial score (nSPS) is 14.6. The Morgan fingerprint density at radius 1 is 1.45 bits per heavy atom. The number of aliphatic imine (C=N–C) groups is 1. The number of halogens is 1. The number of nitrogens with zero attached hydrogens (tertiary/aromatic N) is 2. The van der Waals surface area contributed by atoms with Gasteiger partial charge in [0.25, 0.3) is 0 Å². The molecular formula is C8H7IN2. The van der Waals surface area contributed by atoms with Crippen LogP contribution in [0.1, 0.15) is 11.3 Å². The number of hydrogen-bond acceptors (Lipinski definition) is 2. The molecule has 0 bridgehead atoms. The summed E-state index contributed by atoms with van der Waals surface area (Å²) in [4.78, 5) is 8.42. The molecule has 0 aliphatic carbocycles. The van der Waals surface area contributed by atoms with Crippen LogP contribution in [-0.2, 0) is 6.42 Å². The molecule has 1 aromatic rings. The summed E-state index contributed by atoms with van der Waals surface area (Å²) < 4.78 is 1.21. The van der Waals surface area contributed by atoms with E-state index in [2.05, 4.69) is 38.6 Å².